The van der Waals surface area contributed by atoms with Gasteiger partial charge >= 0.3 is 0 Å². The van der Waals surface area contributed by atoms with Gasteiger partial charge in [0.1, 0.15) is 5.75 Å². The maximum Gasteiger partial charge on any atom is 0.269 e. The van der Waals surface area contributed by atoms with Gasteiger partial charge in [-0.2, -0.15) is 0 Å². The lowest BCUT2D eigenvalue weighted by Gasteiger charge is -2.37. The number of amides is 2. The van der Waals surface area contributed by atoms with E-state index >= 15 is 4.79 Å². The highest BCUT2D eigenvalue weighted by atomic mass is 28.3. The van der Waals surface area contributed by atoms with Gasteiger partial charge in [-0.25, -0.2) is 0 Å². The second kappa shape index (κ2) is 16.9. The van der Waals surface area contributed by atoms with Gasteiger partial charge in [0.2, 0.25) is 0 Å². The topological polar surface area (TPSA) is 162 Å². The highest BCUT2D eigenvalue weighted by molar-refractivity contribution is 6.91. The molecule has 0 aliphatic carbocycles. The summed E-state index contributed by atoms with van der Waals surface area (Å²) in [6, 6.07) is 38.6. The predicted molar refractivity (Wildman–Crippen MR) is 235 cm³/mol. The zero-order valence-electron chi connectivity index (χ0n) is 34.5. The highest BCUT2D eigenvalue weighted by Gasteiger charge is 2.66. The summed E-state index contributed by atoms with van der Waals surface area (Å²) < 4.78 is 14.5. The first-order chi connectivity index (χ1) is 29.4. The van der Waals surface area contributed by atoms with Crippen LogP contribution in [0.3, 0.4) is 0 Å². The van der Waals surface area contributed by atoms with Crippen molar-refractivity contribution in [2.45, 2.75) is 62.7 Å². The number of nitrogens with one attached hydrogen (secondary N) is 1. The Hall–Kier alpha value is -6.48. The first-order valence-corrected chi connectivity index (χ1v) is 23.5. The smallest absolute Gasteiger partial charge is 0.269 e. The number of ether oxygens (including phenoxy) is 2. The Labute approximate surface area is 355 Å². The Morgan fingerprint density at radius 1 is 0.984 bits per heavy atom. The monoisotopic (exact) mass is 836 g/mol. The third-order valence-corrected chi connectivity index (χ3v) is 16.9. The van der Waals surface area contributed by atoms with Gasteiger partial charge < -0.3 is 24.8 Å². The van der Waals surface area contributed by atoms with E-state index in [0.29, 0.717) is 41.2 Å². The third kappa shape index (κ3) is 7.73. The van der Waals surface area contributed by atoms with E-state index in [1.165, 1.54) is 12.1 Å². The summed E-state index contributed by atoms with van der Waals surface area (Å²) >= 11 is 0. The largest absolute Gasteiger partial charge is 0.497 e. The molecule has 0 bridgehead atoms. The zero-order valence-corrected chi connectivity index (χ0v) is 35.5. The van der Waals surface area contributed by atoms with Crippen molar-refractivity contribution in [3.63, 3.8) is 0 Å². The first-order valence-electron chi connectivity index (χ1n) is 20.4. The fourth-order valence-corrected chi connectivity index (χ4v) is 13.5. The molecule has 3 heterocycles. The molecule has 61 heavy (non-hydrogen) atoms. The van der Waals surface area contributed by atoms with Crippen molar-refractivity contribution < 1.29 is 29.1 Å². The number of hydrogen-bond donors (Lipinski definition) is 2. The highest BCUT2D eigenvalue weighted by Crippen LogP contribution is 2.60. The molecular weight excluding hydrogens is 789 g/mol. The van der Waals surface area contributed by atoms with E-state index < -0.39 is 30.6 Å². The second-order valence-corrected chi connectivity index (χ2v) is 21.1. The predicted octanol–water partition coefficient (Wildman–Crippen LogP) is 7.42. The second-order valence-electron chi connectivity index (χ2n) is 16.4. The minimum absolute atomic E-state index is 0.130. The number of hydrogen-bond acceptors (Lipinski definition) is 9. The Balaban J connectivity index is 1.15. The standard InChI is InChI=1S/C47H48N6O7Si/c1-31-44(61(3,4)38-21-19-37(59-2)20-22-38)43(24-25-51-29-41(49-50-51)39(30-54)33-13-7-5-8-14-33)60-47(31)40-27-36(53(57)58)18-23-42(40)52(46(47)56)28-32-12-11-17-35(26-32)48-45(55)34-15-9-6-10-16-34/h5-23,26-27,29,31,39,43-44,54H,24-25,28,30H2,1-4H3,(H,48,55)/t31-,39?,43+,44-,47+/m0/s1. The van der Waals surface area contributed by atoms with Gasteiger partial charge in [-0.3, -0.25) is 24.4 Å². The SMILES string of the molecule is COc1ccc([Si](C)(C)[C@@H]2[C@@H](CCn3cc(C(CO)c4ccccc4)nn3)O[C@]3(C(=O)N(Cc4cccc(NC(=O)c5ccccc5)c4)c4ccc([N+](=O)[O-])cc43)[C@H]2C)cc1. The number of carbonyl (C=O) groups is 2. The maximum absolute atomic E-state index is 15.4. The molecule has 2 N–H and O–H groups in total. The molecule has 1 unspecified atom stereocenters. The summed E-state index contributed by atoms with van der Waals surface area (Å²) in [4.78, 5) is 42.0. The van der Waals surface area contributed by atoms with E-state index in [-0.39, 0.29) is 42.1 Å². The van der Waals surface area contributed by atoms with Crippen molar-refractivity contribution in [1.29, 1.82) is 0 Å². The van der Waals surface area contributed by atoms with Crippen LogP contribution in [0.15, 0.2) is 134 Å². The van der Waals surface area contributed by atoms with Crippen molar-refractivity contribution in [3.05, 3.63) is 172 Å². The van der Waals surface area contributed by atoms with Gasteiger partial charge in [-0.15, -0.1) is 5.10 Å². The van der Waals surface area contributed by atoms with E-state index in [1.54, 1.807) is 53.1 Å². The molecule has 312 valence electrons. The number of aliphatic hydroxyl groups excluding tert-OH is 1. The molecule has 2 aliphatic heterocycles. The van der Waals surface area contributed by atoms with Crippen LogP contribution in [0.4, 0.5) is 17.1 Å². The Kier molecular flexibility index (Phi) is 11.4. The van der Waals surface area contributed by atoms with Crippen molar-refractivity contribution in [3.8, 4) is 5.75 Å². The molecule has 5 atom stereocenters. The van der Waals surface area contributed by atoms with Crippen LogP contribution in [0.25, 0.3) is 0 Å². The minimum atomic E-state index is -2.54. The molecule has 1 fully saturated rings. The number of carbonyl (C=O) groups excluding carboxylic acids is 2. The number of aliphatic hydroxyl groups is 1. The van der Waals surface area contributed by atoms with Gasteiger partial charge in [0.25, 0.3) is 17.5 Å². The van der Waals surface area contributed by atoms with Crippen LogP contribution in [-0.4, -0.2) is 64.7 Å². The number of benzene rings is 5. The van der Waals surface area contributed by atoms with Gasteiger partial charge in [-0.1, -0.05) is 103 Å². The average Bonchev–Trinajstić information content (AvgIpc) is 3.93. The number of rotatable bonds is 14. The van der Waals surface area contributed by atoms with Crippen LogP contribution >= 0.6 is 0 Å². The molecule has 13 nitrogen and oxygen atoms in total. The van der Waals surface area contributed by atoms with Crippen molar-refractivity contribution in [2.75, 3.05) is 23.9 Å². The van der Waals surface area contributed by atoms with Crippen molar-refractivity contribution in [1.82, 2.24) is 15.0 Å². The van der Waals surface area contributed by atoms with E-state index in [1.807, 2.05) is 79.9 Å². The van der Waals surface area contributed by atoms with Crippen LogP contribution in [0.1, 0.15) is 52.0 Å². The summed E-state index contributed by atoms with van der Waals surface area (Å²) in [7, 11) is -0.907. The number of nitro benzene ring substituents is 1. The van der Waals surface area contributed by atoms with Crippen LogP contribution in [0.2, 0.25) is 18.6 Å². The van der Waals surface area contributed by atoms with Crippen molar-refractivity contribution >= 4 is 42.1 Å². The van der Waals surface area contributed by atoms with E-state index in [2.05, 4.69) is 40.9 Å². The molecule has 8 rings (SSSR count). The Bertz CT molecular complexity index is 2550. The van der Waals surface area contributed by atoms with Crippen molar-refractivity contribution in [2.24, 2.45) is 5.92 Å². The number of aromatic nitrogens is 3. The number of fused-ring (bicyclic) bond motifs is 2. The molecule has 14 heteroatoms. The molecule has 2 amide bonds. The van der Waals surface area contributed by atoms with Crippen LogP contribution in [0.5, 0.6) is 5.75 Å². The summed E-state index contributed by atoms with van der Waals surface area (Å²) in [5, 5.41) is 35.6. The minimum Gasteiger partial charge on any atom is -0.497 e. The van der Waals surface area contributed by atoms with E-state index in [0.717, 1.165) is 22.1 Å². The number of nitrogens with zero attached hydrogens (tertiary/aromatic N) is 5. The molecular formula is C47H48N6O7Si. The summed E-state index contributed by atoms with van der Waals surface area (Å²) in [6.45, 7) is 7.04. The molecule has 6 aromatic rings. The van der Waals surface area contributed by atoms with Gasteiger partial charge in [0.15, 0.2) is 5.60 Å². The molecule has 2 aliphatic rings. The molecule has 5 aromatic carbocycles. The van der Waals surface area contributed by atoms with E-state index in [9.17, 15) is 20.0 Å². The summed E-state index contributed by atoms with van der Waals surface area (Å²) in [6.07, 6.45) is 1.87. The fraction of sp³-hybridized carbons (Fsp3) is 0.277. The maximum atomic E-state index is 15.4. The van der Waals surface area contributed by atoms with Crippen LogP contribution in [0, 0.1) is 16.0 Å². The normalized spacial score (nSPS) is 20.1. The van der Waals surface area contributed by atoms with Crippen LogP contribution in [-0.2, 0) is 28.2 Å². The number of nitro groups is 1. The Morgan fingerprint density at radius 2 is 1.70 bits per heavy atom. The zero-order chi connectivity index (χ0) is 42.9. The number of methoxy groups -OCH3 is 1. The number of anilines is 2. The number of aryl methyl sites for hydroxylation is 1. The van der Waals surface area contributed by atoms with Gasteiger partial charge in [0, 0.05) is 47.6 Å². The average molecular weight is 837 g/mol. The summed E-state index contributed by atoms with van der Waals surface area (Å²) in [5.41, 5.74) is 2.63. The Morgan fingerprint density at radius 3 is 2.39 bits per heavy atom. The molecule has 1 aromatic heterocycles. The lowest BCUT2D eigenvalue weighted by molar-refractivity contribution is -0.385. The summed E-state index contributed by atoms with van der Waals surface area (Å²) in [5.74, 6) is -0.558. The number of non-ortho nitro benzene ring substituents is 1. The van der Waals surface area contributed by atoms with Gasteiger partial charge in [-0.05, 0) is 65.6 Å². The van der Waals surface area contributed by atoms with Gasteiger partial charge in [0.05, 0.1) is 56.7 Å². The molecule has 1 spiro atoms. The molecule has 1 saturated heterocycles. The lowest BCUT2D eigenvalue weighted by Crippen LogP contribution is -2.51. The first kappa shape index (κ1) is 41.3. The van der Waals surface area contributed by atoms with E-state index in [4.69, 9.17) is 9.47 Å². The quantitative estimate of drug-likeness (QED) is 0.0646. The lowest BCUT2D eigenvalue weighted by atomic mass is 9.82. The fourth-order valence-electron chi connectivity index (χ4n) is 9.46. The van der Waals surface area contributed by atoms with Crippen LogP contribution < -0.4 is 20.1 Å². The third-order valence-electron chi connectivity index (χ3n) is 12.5. The molecule has 0 saturated carbocycles. The molecule has 0 radical (unpaired) electrons.